The van der Waals surface area contributed by atoms with E-state index in [0.29, 0.717) is 17.6 Å². The minimum atomic E-state index is 0.349. The molecule has 1 aliphatic rings. The van der Waals surface area contributed by atoms with Crippen LogP contribution in [0.25, 0.3) is 0 Å². The van der Waals surface area contributed by atoms with Gasteiger partial charge < -0.3 is 10.2 Å². The monoisotopic (exact) mass is 279 g/mol. The second kappa shape index (κ2) is 5.80. The smallest absolute Gasteiger partial charge is 0.223 e. The lowest BCUT2D eigenvalue weighted by Crippen LogP contribution is -2.26. The summed E-state index contributed by atoms with van der Waals surface area (Å²) in [5.41, 5.74) is 2.82. The molecule has 21 heavy (non-hydrogen) atoms. The van der Waals surface area contributed by atoms with Crippen molar-refractivity contribution in [1.82, 2.24) is 9.97 Å². The average molecular weight is 279 g/mol. The molecule has 5 heteroatoms. The van der Waals surface area contributed by atoms with E-state index < -0.39 is 0 Å². The van der Waals surface area contributed by atoms with Crippen molar-refractivity contribution in [1.29, 1.82) is 5.26 Å². The molecule has 0 radical (unpaired) electrons. The molecule has 0 aliphatic carbocycles. The van der Waals surface area contributed by atoms with Crippen molar-refractivity contribution in [2.75, 3.05) is 23.3 Å². The fourth-order valence-corrected chi connectivity index (χ4v) is 2.56. The van der Waals surface area contributed by atoms with Gasteiger partial charge in [-0.3, -0.25) is 0 Å². The molecule has 2 heterocycles. The van der Waals surface area contributed by atoms with Gasteiger partial charge in [0.1, 0.15) is 0 Å². The predicted molar refractivity (Wildman–Crippen MR) is 82.2 cm³/mol. The van der Waals surface area contributed by atoms with Gasteiger partial charge in [0.25, 0.3) is 0 Å². The number of nitrogens with zero attached hydrogens (tertiary/aromatic N) is 4. The van der Waals surface area contributed by atoms with Crippen LogP contribution in [0.15, 0.2) is 36.5 Å². The number of nitriles is 1. The van der Waals surface area contributed by atoms with E-state index >= 15 is 0 Å². The third-order valence-electron chi connectivity index (χ3n) is 3.68. The summed E-state index contributed by atoms with van der Waals surface area (Å²) in [4.78, 5) is 10.9. The highest BCUT2D eigenvalue weighted by Crippen LogP contribution is 2.22. The molecule has 3 rings (SSSR count). The highest BCUT2D eigenvalue weighted by atomic mass is 15.2. The molecule has 1 aromatic carbocycles. The van der Waals surface area contributed by atoms with Crippen LogP contribution in [-0.4, -0.2) is 29.1 Å². The van der Waals surface area contributed by atoms with Gasteiger partial charge >= 0.3 is 0 Å². The minimum absolute atomic E-state index is 0.349. The van der Waals surface area contributed by atoms with Gasteiger partial charge in [-0.15, -0.1) is 0 Å². The molecule has 0 amide bonds. The molecule has 106 valence electrons. The molecule has 2 aromatic rings. The number of hydrogen-bond acceptors (Lipinski definition) is 5. The van der Waals surface area contributed by atoms with Crippen LogP contribution in [0.2, 0.25) is 0 Å². The first-order valence-electron chi connectivity index (χ1n) is 7.06. The van der Waals surface area contributed by atoms with Gasteiger partial charge in [-0.05, 0) is 43.7 Å². The van der Waals surface area contributed by atoms with E-state index in [1.54, 1.807) is 6.20 Å². The molecular weight excluding hydrogens is 262 g/mol. The fourth-order valence-electron chi connectivity index (χ4n) is 2.56. The van der Waals surface area contributed by atoms with Crippen LogP contribution in [0, 0.1) is 18.3 Å². The minimum Gasteiger partial charge on any atom is -0.369 e. The molecule has 1 fully saturated rings. The summed E-state index contributed by atoms with van der Waals surface area (Å²) in [7, 11) is 0. The molecule has 0 spiro atoms. The summed E-state index contributed by atoms with van der Waals surface area (Å²) >= 11 is 0. The first-order chi connectivity index (χ1) is 10.2. The summed E-state index contributed by atoms with van der Waals surface area (Å²) in [5.74, 6) is 0.696. The Kier molecular flexibility index (Phi) is 3.69. The van der Waals surface area contributed by atoms with Crippen molar-refractivity contribution >= 4 is 11.6 Å². The number of aromatic nitrogens is 2. The predicted octanol–water partition coefficient (Wildman–Crippen LogP) is 2.35. The third kappa shape index (κ3) is 3.11. The van der Waals surface area contributed by atoms with E-state index in [1.165, 1.54) is 0 Å². The molecule has 1 saturated heterocycles. The van der Waals surface area contributed by atoms with E-state index in [4.69, 9.17) is 5.26 Å². The van der Waals surface area contributed by atoms with Gasteiger partial charge in [0.15, 0.2) is 0 Å². The standard InChI is InChI=1S/C16H17N5/c1-12-6-8-18-16(19-12)20-14-7-9-21(11-14)15-4-2-13(10-17)3-5-15/h2-6,8,14H,7,9,11H2,1H3,(H,18,19,20). The van der Waals surface area contributed by atoms with E-state index in [9.17, 15) is 0 Å². The normalized spacial score (nSPS) is 17.5. The van der Waals surface area contributed by atoms with Gasteiger partial charge in [-0.2, -0.15) is 5.26 Å². The highest BCUT2D eigenvalue weighted by molar-refractivity contribution is 5.51. The second-order valence-corrected chi connectivity index (χ2v) is 5.26. The maximum Gasteiger partial charge on any atom is 0.223 e. The van der Waals surface area contributed by atoms with Crippen molar-refractivity contribution in [3.63, 3.8) is 0 Å². The summed E-state index contributed by atoms with van der Waals surface area (Å²) < 4.78 is 0. The largest absolute Gasteiger partial charge is 0.369 e. The molecule has 1 aromatic heterocycles. The van der Waals surface area contributed by atoms with E-state index in [0.717, 1.165) is 30.9 Å². The maximum atomic E-state index is 8.83. The molecule has 1 atom stereocenters. The molecule has 1 unspecified atom stereocenters. The number of rotatable bonds is 3. The zero-order valence-electron chi connectivity index (χ0n) is 12.0. The lowest BCUT2D eigenvalue weighted by Gasteiger charge is -2.19. The van der Waals surface area contributed by atoms with Gasteiger partial charge in [-0.1, -0.05) is 0 Å². The SMILES string of the molecule is Cc1ccnc(NC2CCN(c3ccc(C#N)cc3)C2)n1. The van der Waals surface area contributed by atoms with Gasteiger partial charge in [-0.25, -0.2) is 9.97 Å². The molecule has 1 aliphatic heterocycles. The zero-order chi connectivity index (χ0) is 14.7. The first kappa shape index (κ1) is 13.4. The molecule has 0 bridgehead atoms. The zero-order valence-corrected chi connectivity index (χ0v) is 12.0. The average Bonchev–Trinajstić information content (AvgIpc) is 2.96. The van der Waals surface area contributed by atoms with Gasteiger partial charge in [0, 0.05) is 36.7 Å². The summed E-state index contributed by atoms with van der Waals surface area (Å²) in [6.45, 7) is 3.88. The van der Waals surface area contributed by atoms with Crippen LogP contribution in [0.3, 0.4) is 0 Å². The Hall–Kier alpha value is -2.61. The number of aryl methyl sites for hydroxylation is 1. The van der Waals surface area contributed by atoms with Crippen molar-refractivity contribution in [3.8, 4) is 6.07 Å². The number of benzene rings is 1. The van der Waals surface area contributed by atoms with Crippen molar-refractivity contribution in [2.45, 2.75) is 19.4 Å². The Morgan fingerprint density at radius 2 is 2.10 bits per heavy atom. The molecule has 0 saturated carbocycles. The van der Waals surface area contributed by atoms with Crippen molar-refractivity contribution < 1.29 is 0 Å². The van der Waals surface area contributed by atoms with Crippen molar-refractivity contribution in [3.05, 3.63) is 47.8 Å². The Bertz CT molecular complexity index is 659. The fraction of sp³-hybridized carbons (Fsp3) is 0.312. The van der Waals surface area contributed by atoms with Crippen LogP contribution >= 0.6 is 0 Å². The quantitative estimate of drug-likeness (QED) is 0.934. The highest BCUT2D eigenvalue weighted by Gasteiger charge is 2.23. The lowest BCUT2D eigenvalue weighted by atomic mass is 10.2. The summed E-state index contributed by atoms with van der Waals surface area (Å²) in [6.07, 6.45) is 2.83. The van der Waals surface area contributed by atoms with Crippen LogP contribution in [-0.2, 0) is 0 Å². The molecule has 5 nitrogen and oxygen atoms in total. The Balaban J connectivity index is 1.63. The topological polar surface area (TPSA) is 64.8 Å². The Morgan fingerprint density at radius 1 is 1.29 bits per heavy atom. The van der Waals surface area contributed by atoms with Crippen LogP contribution in [0.1, 0.15) is 17.7 Å². The molecular formula is C16H17N5. The Labute approximate surface area is 124 Å². The van der Waals surface area contributed by atoms with Gasteiger partial charge in [0.2, 0.25) is 5.95 Å². The lowest BCUT2D eigenvalue weighted by molar-refractivity contribution is 0.790. The maximum absolute atomic E-state index is 8.83. The van der Waals surface area contributed by atoms with Crippen LogP contribution in [0.4, 0.5) is 11.6 Å². The van der Waals surface area contributed by atoms with Gasteiger partial charge in [0.05, 0.1) is 11.6 Å². The summed E-state index contributed by atoms with van der Waals surface area (Å²) in [6, 6.07) is 12.1. The number of hydrogen-bond donors (Lipinski definition) is 1. The van der Waals surface area contributed by atoms with Crippen LogP contribution in [0.5, 0.6) is 0 Å². The van der Waals surface area contributed by atoms with E-state index in [2.05, 4.69) is 26.3 Å². The van der Waals surface area contributed by atoms with E-state index in [-0.39, 0.29) is 0 Å². The summed E-state index contributed by atoms with van der Waals surface area (Å²) in [5, 5.41) is 12.2. The Morgan fingerprint density at radius 3 is 2.81 bits per heavy atom. The van der Waals surface area contributed by atoms with Crippen molar-refractivity contribution in [2.24, 2.45) is 0 Å². The first-order valence-corrected chi connectivity index (χ1v) is 7.06. The van der Waals surface area contributed by atoms with Crippen LogP contribution < -0.4 is 10.2 Å². The second-order valence-electron chi connectivity index (χ2n) is 5.26. The third-order valence-corrected chi connectivity index (χ3v) is 3.68. The number of nitrogens with one attached hydrogen (secondary N) is 1. The number of anilines is 2. The van der Waals surface area contributed by atoms with E-state index in [1.807, 2.05) is 37.3 Å². The molecule has 1 N–H and O–H groups in total.